The Kier molecular flexibility index (Phi) is 11.6. The van der Waals surface area contributed by atoms with Crippen LogP contribution in [-0.2, 0) is 20.8 Å². The molecule has 3 atom stereocenters. The van der Waals surface area contributed by atoms with Gasteiger partial charge in [-0.2, -0.15) is 0 Å². The van der Waals surface area contributed by atoms with Crippen LogP contribution in [0.5, 0.6) is 0 Å². The van der Waals surface area contributed by atoms with Crippen molar-refractivity contribution in [3.8, 4) is 12.3 Å². The molecule has 0 bridgehead atoms. The van der Waals surface area contributed by atoms with Gasteiger partial charge in [0.2, 0.25) is 17.7 Å². The summed E-state index contributed by atoms with van der Waals surface area (Å²) < 4.78 is 0. The minimum atomic E-state index is -0.842. The second-order valence-corrected chi connectivity index (χ2v) is 8.42. The van der Waals surface area contributed by atoms with Gasteiger partial charge in [-0.3, -0.25) is 14.4 Å². The molecule has 0 unspecified atom stereocenters. The van der Waals surface area contributed by atoms with Crippen LogP contribution >= 0.6 is 11.8 Å². The number of likely N-dealkylation sites (N-methyl/N-ethyl adjacent to an activating group) is 1. The van der Waals surface area contributed by atoms with E-state index in [0.717, 1.165) is 5.56 Å². The predicted octanol–water partition coefficient (Wildman–Crippen LogP) is 1.72. The molecule has 30 heavy (non-hydrogen) atoms. The number of benzene rings is 1. The average Bonchev–Trinajstić information content (AvgIpc) is 2.74. The topological polar surface area (TPSA) is 110 Å². The van der Waals surface area contributed by atoms with Crippen LogP contribution in [0.2, 0.25) is 0 Å². The van der Waals surface area contributed by atoms with E-state index >= 15 is 0 Å². The molecule has 1 aromatic carbocycles. The third kappa shape index (κ3) is 8.47. The summed E-state index contributed by atoms with van der Waals surface area (Å²) in [5, 5.41) is 16.4. The van der Waals surface area contributed by atoms with E-state index < -0.39 is 29.7 Å². The number of carbonyl (C=O) groups excluding carboxylic acids is 3. The van der Waals surface area contributed by atoms with Crippen molar-refractivity contribution in [2.24, 2.45) is 17.8 Å². The highest BCUT2D eigenvalue weighted by Gasteiger charge is 2.35. The normalized spacial score (nSPS) is 13.6. The molecule has 164 valence electrons. The first-order valence-corrected chi connectivity index (χ1v) is 11.0. The van der Waals surface area contributed by atoms with E-state index in [2.05, 4.69) is 16.6 Å². The molecule has 3 N–H and O–H groups in total. The van der Waals surface area contributed by atoms with E-state index in [9.17, 15) is 19.6 Å². The fraction of sp³-hybridized carbons (Fsp3) is 0.500. The van der Waals surface area contributed by atoms with E-state index in [1.807, 2.05) is 44.2 Å². The van der Waals surface area contributed by atoms with Crippen molar-refractivity contribution in [3.63, 3.8) is 0 Å². The highest BCUT2D eigenvalue weighted by atomic mass is 32.2. The Morgan fingerprint density at radius 2 is 1.77 bits per heavy atom. The predicted molar refractivity (Wildman–Crippen MR) is 120 cm³/mol. The number of carbonyl (C=O) groups is 3. The molecule has 0 aromatic heterocycles. The second kappa shape index (κ2) is 13.7. The third-order valence-corrected chi connectivity index (χ3v) is 5.60. The second-order valence-electron chi connectivity index (χ2n) is 7.39. The Hall–Kier alpha value is -2.50. The summed E-state index contributed by atoms with van der Waals surface area (Å²) in [6.45, 7) is 3.86. The molecule has 1 aromatic rings. The maximum absolute atomic E-state index is 13.2. The summed E-state index contributed by atoms with van der Waals surface area (Å²) >= 11 is 1.32. The minimum absolute atomic E-state index is 0.105. The van der Waals surface area contributed by atoms with E-state index in [-0.39, 0.29) is 17.6 Å². The number of terminal acetylenes is 1. The van der Waals surface area contributed by atoms with Gasteiger partial charge < -0.3 is 21.3 Å². The van der Waals surface area contributed by atoms with Crippen LogP contribution in [0, 0.1) is 35.3 Å². The summed E-state index contributed by atoms with van der Waals surface area (Å²) in [6.07, 6.45) is 5.98. The van der Waals surface area contributed by atoms with Crippen molar-refractivity contribution in [2.45, 2.75) is 32.7 Å². The Balaban J connectivity index is 3.08. The molecule has 0 aliphatic carbocycles. The van der Waals surface area contributed by atoms with Crippen molar-refractivity contribution < 1.29 is 14.4 Å². The average molecular weight is 433 g/mol. The summed E-state index contributed by atoms with van der Waals surface area (Å²) in [5.74, 6) is 0.0775. The van der Waals surface area contributed by atoms with Gasteiger partial charge in [0.25, 0.3) is 0 Å². The Labute approximate surface area is 182 Å². The van der Waals surface area contributed by atoms with Crippen molar-refractivity contribution >= 4 is 29.5 Å². The van der Waals surface area contributed by atoms with Crippen molar-refractivity contribution in [3.05, 3.63) is 41.1 Å². The molecule has 0 heterocycles. The molecule has 1 rings (SSSR count). The van der Waals surface area contributed by atoms with Crippen LogP contribution < -0.4 is 16.1 Å². The molecule has 0 fully saturated rings. The Morgan fingerprint density at radius 1 is 1.10 bits per heavy atom. The summed E-state index contributed by atoms with van der Waals surface area (Å²) in [6, 6.07) is 8.54. The maximum atomic E-state index is 13.2. The van der Waals surface area contributed by atoms with Crippen molar-refractivity contribution in [2.75, 3.05) is 18.6 Å². The number of rotatable bonds is 12. The van der Waals surface area contributed by atoms with Gasteiger partial charge in [0, 0.05) is 19.2 Å². The maximum Gasteiger partial charge on any atom is 0.242 e. The highest BCUT2D eigenvalue weighted by molar-refractivity contribution is 7.99. The van der Waals surface area contributed by atoms with Crippen LogP contribution in [-0.4, -0.2) is 42.3 Å². The van der Waals surface area contributed by atoms with Crippen molar-refractivity contribution in [1.82, 2.24) is 16.1 Å². The van der Waals surface area contributed by atoms with Crippen LogP contribution in [0.15, 0.2) is 30.3 Å². The van der Waals surface area contributed by atoms with Gasteiger partial charge in [-0.05, 0) is 17.9 Å². The van der Waals surface area contributed by atoms with Gasteiger partial charge >= 0.3 is 0 Å². The quantitative estimate of drug-likeness (QED) is 0.265. The first-order chi connectivity index (χ1) is 14.3. The number of thioether (sulfide) groups is 1. The first-order valence-electron chi connectivity index (χ1n) is 9.83. The Bertz CT molecular complexity index is 734. The number of hydrogen-bond donors (Lipinski definition) is 3. The molecule has 8 heteroatoms. The van der Waals surface area contributed by atoms with E-state index in [4.69, 9.17) is 6.42 Å². The van der Waals surface area contributed by atoms with Gasteiger partial charge in [-0.25, -0.2) is 0 Å². The van der Waals surface area contributed by atoms with Gasteiger partial charge in [-0.1, -0.05) is 50.1 Å². The molecule has 0 spiro atoms. The van der Waals surface area contributed by atoms with Crippen LogP contribution in [0.1, 0.15) is 25.8 Å². The zero-order valence-corrected chi connectivity index (χ0v) is 18.5. The van der Waals surface area contributed by atoms with Crippen LogP contribution in [0.3, 0.4) is 0 Å². The molecule has 0 aliphatic heterocycles. The summed E-state index contributed by atoms with van der Waals surface area (Å²) in [4.78, 5) is 37.8. The Morgan fingerprint density at radius 3 is 2.30 bits per heavy atom. The number of amides is 3. The van der Waals surface area contributed by atoms with Gasteiger partial charge in [0.05, 0.1) is 17.6 Å². The fourth-order valence-electron chi connectivity index (χ4n) is 3.17. The zero-order chi connectivity index (χ0) is 22.5. The minimum Gasteiger partial charge on any atom is -0.759 e. The molecule has 0 saturated heterocycles. The molecular weight excluding hydrogens is 402 g/mol. The molecule has 0 aliphatic rings. The van der Waals surface area contributed by atoms with Gasteiger partial charge in [0.15, 0.2) is 0 Å². The largest absolute Gasteiger partial charge is 0.759 e. The lowest BCUT2D eigenvalue weighted by molar-refractivity contribution is -0.136. The zero-order valence-electron chi connectivity index (χ0n) is 17.6. The molecule has 0 saturated carbocycles. The monoisotopic (exact) mass is 432 g/mol. The van der Waals surface area contributed by atoms with Crippen LogP contribution in [0.25, 0.3) is 0 Å². The number of hydrogen-bond acceptors (Lipinski definition) is 5. The lowest BCUT2D eigenvalue weighted by atomic mass is 9.84. The van der Waals surface area contributed by atoms with Crippen molar-refractivity contribution in [1.29, 1.82) is 0 Å². The molecule has 0 radical (unpaired) electrons. The molecule has 3 amide bonds. The van der Waals surface area contributed by atoms with E-state index in [1.165, 1.54) is 24.3 Å². The number of nitrogens with one attached hydrogen (secondary N) is 3. The smallest absolute Gasteiger partial charge is 0.242 e. The fourth-order valence-corrected chi connectivity index (χ4v) is 4.04. The SMILES string of the molecule is C#CCSC[C@H](C(=O)N[O-])[C@@H](CC(C)C)C(=O)N[C@@H](Cc1ccccc1)C(=O)NC. The standard InChI is InChI=1S/C22H30N3O4S/c1-5-11-30-14-18(21(27)25-29)17(12-15(2)3)20(26)24-19(22(28)23-4)13-16-9-7-6-8-10-16/h1,6-10,15,17-19H,11-14H2,2-4H3,(H3-,23,24,25,26,27,28,29)/q-1/t17-,18+,19+/m1/s1. The highest BCUT2D eigenvalue weighted by Crippen LogP contribution is 2.25. The lowest BCUT2D eigenvalue weighted by Crippen LogP contribution is -2.51. The third-order valence-electron chi connectivity index (χ3n) is 4.63. The van der Waals surface area contributed by atoms with Crippen LogP contribution in [0.4, 0.5) is 0 Å². The van der Waals surface area contributed by atoms with Gasteiger partial charge in [0.1, 0.15) is 6.04 Å². The van der Waals surface area contributed by atoms with E-state index in [0.29, 0.717) is 18.6 Å². The molecule has 7 nitrogen and oxygen atoms in total. The summed E-state index contributed by atoms with van der Waals surface area (Å²) in [7, 11) is 1.50. The van der Waals surface area contributed by atoms with E-state index in [1.54, 1.807) is 0 Å². The van der Waals surface area contributed by atoms with Gasteiger partial charge in [-0.15, -0.1) is 18.2 Å². The number of hydroxylamine groups is 1. The lowest BCUT2D eigenvalue weighted by Gasteiger charge is -2.29. The summed E-state index contributed by atoms with van der Waals surface area (Å²) in [5.41, 5.74) is 2.31. The molecular formula is C22H30N3O4S-. The first kappa shape index (κ1) is 25.5.